The Labute approximate surface area is 76.7 Å². The fourth-order valence-electron chi connectivity index (χ4n) is 3.01. The SMILES string of the molecule is CC[C@H](C)CC1CCCC2CC21. The van der Waals surface area contributed by atoms with Gasteiger partial charge in [-0.2, -0.15) is 0 Å². The first kappa shape index (κ1) is 8.59. The first-order chi connectivity index (χ1) is 5.81. The van der Waals surface area contributed by atoms with Crippen molar-refractivity contribution in [1.29, 1.82) is 0 Å². The third-order valence-electron chi connectivity index (χ3n) is 4.13. The summed E-state index contributed by atoms with van der Waals surface area (Å²) in [6, 6.07) is 0. The standard InChI is InChI=1S/C12H22/c1-3-9(2)7-10-5-4-6-11-8-12(10)11/h9-12H,3-8H2,1-2H3/t9-,10?,11?,12?/m0/s1. The summed E-state index contributed by atoms with van der Waals surface area (Å²) >= 11 is 0. The molecule has 0 saturated heterocycles. The van der Waals surface area contributed by atoms with Gasteiger partial charge in [-0.3, -0.25) is 0 Å². The summed E-state index contributed by atoms with van der Waals surface area (Å²) in [5.74, 6) is 4.45. The van der Waals surface area contributed by atoms with Crippen LogP contribution in [-0.2, 0) is 0 Å². The van der Waals surface area contributed by atoms with E-state index < -0.39 is 0 Å². The highest BCUT2D eigenvalue weighted by molar-refractivity contribution is 4.94. The summed E-state index contributed by atoms with van der Waals surface area (Å²) < 4.78 is 0. The smallest absolute Gasteiger partial charge is 0.0354 e. The predicted molar refractivity (Wildman–Crippen MR) is 53.0 cm³/mol. The predicted octanol–water partition coefficient (Wildman–Crippen LogP) is 3.86. The fourth-order valence-corrected chi connectivity index (χ4v) is 3.01. The van der Waals surface area contributed by atoms with Gasteiger partial charge in [0.25, 0.3) is 0 Å². The zero-order valence-electron chi connectivity index (χ0n) is 8.55. The lowest BCUT2D eigenvalue weighted by Gasteiger charge is -2.23. The molecule has 0 heteroatoms. The van der Waals surface area contributed by atoms with Crippen LogP contribution >= 0.6 is 0 Å². The van der Waals surface area contributed by atoms with E-state index in [1.165, 1.54) is 31.1 Å². The van der Waals surface area contributed by atoms with E-state index in [1.54, 1.807) is 19.3 Å². The highest BCUT2D eigenvalue weighted by Crippen LogP contribution is 2.54. The normalized spacial score (nSPS) is 42.0. The van der Waals surface area contributed by atoms with Gasteiger partial charge in [-0.25, -0.2) is 0 Å². The van der Waals surface area contributed by atoms with Gasteiger partial charge in [0.2, 0.25) is 0 Å². The van der Waals surface area contributed by atoms with Crippen molar-refractivity contribution in [2.45, 2.75) is 52.4 Å². The molecule has 0 aromatic heterocycles. The Balaban J connectivity index is 1.79. The first-order valence-electron chi connectivity index (χ1n) is 5.81. The molecule has 12 heavy (non-hydrogen) atoms. The van der Waals surface area contributed by atoms with Crippen LogP contribution < -0.4 is 0 Å². The number of hydrogen-bond donors (Lipinski definition) is 0. The largest absolute Gasteiger partial charge is 0.0651 e. The lowest BCUT2D eigenvalue weighted by molar-refractivity contribution is 0.275. The summed E-state index contributed by atoms with van der Waals surface area (Å²) in [6.07, 6.45) is 9.13. The van der Waals surface area contributed by atoms with Crippen LogP contribution in [0.3, 0.4) is 0 Å². The third kappa shape index (κ3) is 1.67. The zero-order valence-corrected chi connectivity index (χ0v) is 8.55. The molecule has 2 aliphatic carbocycles. The monoisotopic (exact) mass is 166 g/mol. The van der Waals surface area contributed by atoms with Gasteiger partial charge in [-0.1, -0.05) is 39.5 Å². The van der Waals surface area contributed by atoms with Crippen LogP contribution in [0.15, 0.2) is 0 Å². The molecule has 0 aromatic rings. The molecule has 0 aromatic carbocycles. The number of fused-ring (bicyclic) bond motifs is 1. The minimum Gasteiger partial charge on any atom is -0.0651 e. The second-order valence-corrected chi connectivity index (χ2v) is 5.10. The van der Waals surface area contributed by atoms with Gasteiger partial charge in [0.1, 0.15) is 0 Å². The number of hydrogen-bond acceptors (Lipinski definition) is 0. The van der Waals surface area contributed by atoms with E-state index in [2.05, 4.69) is 13.8 Å². The molecule has 0 bridgehead atoms. The molecule has 0 nitrogen and oxygen atoms in total. The summed E-state index contributed by atoms with van der Waals surface area (Å²) in [5.41, 5.74) is 0. The summed E-state index contributed by atoms with van der Waals surface area (Å²) in [6.45, 7) is 4.75. The zero-order chi connectivity index (χ0) is 8.55. The van der Waals surface area contributed by atoms with Gasteiger partial charge in [0.05, 0.1) is 0 Å². The molecule has 2 aliphatic rings. The van der Waals surface area contributed by atoms with Gasteiger partial charge in [-0.05, 0) is 36.5 Å². The Kier molecular flexibility index (Phi) is 2.43. The summed E-state index contributed by atoms with van der Waals surface area (Å²) in [7, 11) is 0. The van der Waals surface area contributed by atoms with E-state index in [0.29, 0.717) is 0 Å². The van der Waals surface area contributed by atoms with Gasteiger partial charge in [0, 0.05) is 0 Å². The molecule has 3 unspecified atom stereocenters. The Morgan fingerprint density at radius 1 is 1.33 bits per heavy atom. The van der Waals surface area contributed by atoms with Crippen molar-refractivity contribution in [2.24, 2.45) is 23.7 Å². The molecule has 0 radical (unpaired) electrons. The van der Waals surface area contributed by atoms with Crippen molar-refractivity contribution in [1.82, 2.24) is 0 Å². The quantitative estimate of drug-likeness (QED) is 0.597. The molecule has 4 atom stereocenters. The van der Waals surface area contributed by atoms with Gasteiger partial charge in [0.15, 0.2) is 0 Å². The van der Waals surface area contributed by atoms with Crippen molar-refractivity contribution in [3.05, 3.63) is 0 Å². The average Bonchev–Trinajstić information content (AvgIpc) is 2.84. The van der Waals surface area contributed by atoms with Crippen molar-refractivity contribution >= 4 is 0 Å². The van der Waals surface area contributed by atoms with Crippen molar-refractivity contribution < 1.29 is 0 Å². The Hall–Kier alpha value is 0. The maximum absolute atomic E-state index is 2.42. The molecule has 0 N–H and O–H groups in total. The van der Waals surface area contributed by atoms with Gasteiger partial charge in [-0.15, -0.1) is 0 Å². The molecule has 0 amide bonds. The van der Waals surface area contributed by atoms with E-state index in [1.807, 2.05) is 0 Å². The minimum atomic E-state index is 0.981. The van der Waals surface area contributed by atoms with Crippen LogP contribution in [0.25, 0.3) is 0 Å². The Bertz CT molecular complexity index is 150. The molecular formula is C12H22. The maximum Gasteiger partial charge on any atom is -0.0354 e. The van der Waals surface area contributed by atoms with Crippen LogP contribution in [0.4, 0.5) is 0 Å². The average molecular weight is 166 g/mol. The molecule has 0 aliphatic heterocycles. The van der Waals surface area contributed by atoms with Gasteiger partial charge >= 0.3 is 0 Å². The number of rotatable bonds is 3. The lowest BCUT2D eigenvalue weighted by Crippen LogP contribution is -2.13. The second kappa shape index (κ2) is 3.40. The highest BCUT2D eigenvalue weighted by atomic mass is 14.5. The second-order valence-electron chi connectivity index (χ2n) is 5.10. The van der Waals surface area contributed by atoms with Crippen molar-refractivity contribution in [2.75, 3.05) is 0 Å². The van der Waals surface area contributed by atoms with E-state index in [-0.39, 0.29) is 0 Å². The maximum atomic E-state index is 2.42. The molecular weight excluding hydrogens is 144 g/mol. The molecule has 0 spiro atoms. The van der Waals surface area contributed by atoms with Crippen LogP contribution in [0.1, 0.15) is 52.4 Å². The Morgan fingerprint density at radius 2 is 2.17 bits per heavy atom. The van der Waals surface area contributed by atoms with Gasteiger partial charge < -0.3 is 0 Å². The van der Waals surface area contributed by atoms with E-state index >= 15 is 0 Å². The van der Waals surface area contributed by atoms with E-state index in [9.17, 15) is 0 Å². The third-order valence-corrected chi connectivity index (χ3v) is 4.13. The van der Waals surface area contributed by atoms with Crippen LogP contribution in [0, 0.1) is 23.7 Å². The molecule has 2 saturated carbocycles. The van der Waals surface area contributed by atoms with Crippen LogP contribution in [0.5, 0.6) is 0 Å². The molecule has 2 fully saturated rings. The minimum absolute atomic E-state index is 0.981. The summed E-state index contributed by atoms with van der Waals surface area (Å²) in [5, 5.41) is 0. The Morgan fingerprint density at radius 3 is 2.92 bits per heavy atom. The van der Waals surface area contributed by atoms with Crippen LogP contribution in [-0.4, -0.2) is 0 Å². The van der Waals surface area contributed by atoms with Crippen molar-refractivity contribution in [3.63, 3.8) is 0 Å². The van der Waals surface area contributed by atoms with Crippen molar-refractivity contribution in [3.8, 4) is 0 Å². The van der Waals surface area contributed by atoms with Crippen LogP contribution in [0.2, 0.25) is 0 Å². The fraction of sp³-hybridized carbons (Fsp3) is 1.00. The lowest BCUT2D eigenvalue weighted by atomic mass is 9.82. The molecule has 70 valence electrons. The van der Waals surface area contributed by atoms with E-state index in [0.717, 1.165) is 11.8 Å². The first-order valence-corrected chi connectivity index (χ1v) is 5.81. The molecule has 0 heterocycles. The van der Waals surface area contributed by atoms with E-state index in [4.69, 9.17) is 0 Å². The molecule has 2 rings (SSSR count). The summed E-state index contributed by atoms with van der Waals surface area (Å²) in [4.78, 5) is 0. The highest BCUT2D eigenvalue weighted by Gasteiger charge is 2.44. The topological polar surface area (TPSA) is 0 Å².